The normalized spacial score (nSPS) is 15.6. The molecule has 2 N–H and O–H groups in total. The Hall–Kier alpha value is -4.28. The summed E-state index contributed by atoms with van der Waals surface area (Å²) < 4.78 is 13.1. The fourth-order valence-corrected chi connectivity index (χ4v) is 4.58. The number of carbonyl (C=O) groups excluding carboxylic acids is 1. The largest absolute Gasteiger partial charge is 0.494 e. The van der Waals surface area contributed by atoms with Gasteiger partial charge < -0.3 is 24.8 Å². The number of nitrogens with one attached hydrogen (secondary N) is 1. The third-order valence-corrected chi connectivity index (χ3v) is 6.18. The van der Waals surface area contributed by atoms with Crippen LogP contribution in [0.4, 0.5) is 26.9 Å². The first-order chi connectivity index (χ1) is 18.6. The highest BCUT2D eigenvalue weighted by atomic mass is 16.6. The highest BCUT2D eigenvalue weighted by Gasteiger charge is 2.32. The van der Waals surface area contributed by atoms with E-state index in [1.807, 2.05) is 27.7 Å². The molecule has 3 heterocycles. The number of hydrogen-bond donors (Lipinski definition) is 2. The lowest BCUT2D eigenvalue weighted by atomic mass is 10.1. The van der Waals surface area contributed by atoms with Crippen molar-refractivity contribution in [2.75, 3.05) is 29.9 Å². The molecule has 0 saturated carbocycles. The van der Waals surface area contributed by atoms with Gasteiger partial charge in [0.25, 0.3) is 0 Å². The van der Waals surface area contributed by atoms with Crippen molar-refractivity contribution >= 4 is 35.2 Å². The minimum Gasteiger partial charge on any atom is -0.494 e. The number of fused-ring (bicyclic) bond motifs is 1. The summed E-state index contributed by atoms with van der Waals surface area (Å²) in [5.41, 5.74) is 1.000. The van der Waals surface area contributed by atoms with Gasteiger partial charge in [0.05, 0.1) is 18.5 Å². The number of piperidine rings is 1. The van der Waals surface area contributed by atoms with Crippen LogP contribution in [-0.4, -0.2) is 68.1 Å². The Morgan fingerprint density at radius 1 is 1.26 bits per heavy atom. The van der Waals surface area contributed by atoms with Gasteiger partial charge >= 0.3 is 12.2 Å². The molecule has 208 valence electrons. The van der Waals surface area contributed by atoms with Crippen molar-refractivity contribution in [2.45, 2.75) is 58.6 Å². The van der Waals surface area contributed by atoms with Crippen LogP contribution in [0.1, 0.15) is 46.1 Å². The number of amides is 2. The van der Waals surface area contributed by atoms with E-state index < -0.39 is 17.8 Å². The van der Waals surface area contributed by atoms with Crippen LogP contribution < -0.4 is 15.0 Å². The van der Waals surface area contributed by atoms with Gasteiger partial charge in [-0.25, -0.2) is 19.5 Å². The van der Waals surface area contributed by atoms with Crippen LogP contribution in [0, 0.1) is 0 Å². The van der Waals surface area contributed by atoms with Gasteiger partial charge in [-0.05, 0) is 71.2 Å². The Balaban J connectivity index is 1.87. The Morgan fingerprint density at radius 3 is 2.64 bits per heavy atom. The Kier molecular flexibility index (Phi) is 8.27. The molecule has 2 amide bonds. The molecule has 1 aliphatic rings. The van der Waals surface area contributed by atoms with Crippen molar-refractivity contribution in [3.05, 3.63) is 54.7 Å². The summed E-state index contributed by atoms with van der Waals surface area (Å²) in [6, 6.07) is 8.79. The Morgan fingerprint density at radius 2 is 2.00 bits per heavy atom. The first kappa shape index (κ1) is 27.7. The minimum absolute atomic E-state index is 0.149. The van der Waals surface area contributed by atoms with E-state index in [0.717, 1.165) is 12.8 Å². The number of ether oxygens (including phenoxy) is 2. The van der Waals surface area contributed by atoms with Crippen LogP contribution in [0.5, 0.6) is 5.75 Å². The maximum absolute atomic E-state index is 13.8. The lowest BCUT2D eigenvalue weighted by Gasteiger charge is -2.33. The first-order valence-corrected chi connectivity index (χ1v) is 13.1. The fraction of sp³-hybridized carbons (Fsp3) is 0.429. The second-order valence-electron chi connectivity index (χ2n) is 10.3. The van der Waals surface area contributed by atoms with Gasteiger partial charge in [-0.3, -0.25) is 0 Å². The molecule has 1 aliphatic heterocycles. The molecule has 1 saturated heterocycles. The second-order valence-corrected chi connectivity index (χ2v) is 10.3. The summed E-state index contributed by atoms with van der Waals surface area (Å²) in [5, 5.41) is 17.5. The van der Waals surface area contributed by atoms with Crippen molar-refractivity contribution in [1.29, 1.82) is 0 Å². The zero-order valence-corrected chi connectivity index (χ0v) is 22.9. The molecular formula is C28H36N6O5. The van der Waals surface area contributed by atoms with E-state index in [2.05, 4.69) is 17.0 Å². The maximum atomic E-state index is 13.8. The first-order valence-electron chi connectivity index (χ1n) is 13.1. The number of carbonyl (C=O) groups is 2. The van der Waals surface area contributed by atoms with Crippen molar-refractivity contribution in [2.24, 2.45) is 0 Å². The van der Waals surface area contributed by atoms with Crippen LogP contribution in [0.2, 0.25) is 0 Å². The fourth-order valence-electron chi connectivity index (χ4n) is 4.58. The van der Waals surface area contributed by atoms with Gasteiger partial charge in [-0.15, -0.1) is 6.58 Å². The lowest BCUT2D eigenvalue weighted by Crippen LogP contribution is -2.44. The summed E-state index contributed by atoms with van der Waals surface area (Å²) in [6.07, 6.45) is 3.71. The standard InChI is InChI=1S/C28H36N6O5/c1-6-9-22-24(30-19-10-8-17-32(18-19)26(35)36)31-23-15-16-29-34(23)25(22)33(27(37)39-28(3,4)5)20-11-13-21(14-12-20)38-7-2/h6,11-16,19H,1,7-10,17-18H2,2-5H3,(H,30,31)(H,35,36). The molecule has 3 aromatic rings. The van der Waals surface area contributed by atoms with Crippen LogP contribution >= 0.6 is 0 Å². The molecule has 1 unspecified atom stereocenters. The van der Waals surface area contributed by atoms with Crippen molar-refractivity contribution in [3.8, 4) is 5.75 Å². The molecule has 0 aliphatic carbocycles. The van der Waals surface area contributed by atoms with Crippen LogP contribution in [0.25, 0.3) is 5.65 Å². The summed E-state index contributed by atoms with van der Waals surface area (Å²) >= 11 is 0. The smallest absolute Gasteiger partial charge is 0.420 e. The minimum atomic E-state index is -0.945. The van der Waals surface area contributed by atoms with Crippen molar-refractivity contribution in [1.82, 2.24) is 19.5 Å². The summed E-state index contributed by atoms with van der Waals surface area (Å²) in [5.74, 6) is 1.67. The number of likely N-dealkylation sites (tertiary alicyclic amines) is 1. The molecule has 11 nitrogen and oxygen atoms in total. The number of allylic oxidation sites excluding steroid dienone is 1. The number of nitrogens with zero attached hydrogens (tertiary/aromatic N) is 5. The van der Waals surface area contributed by atoms with E-state index in [-0.39, 0.29) is 6.04 Å². The van der Waals surface area contributed by atoms with E-state index in [4.69, 9.17) is 14.5 Å². The average molecular weight is 537 g/mol. The van der Waals surface area contributed by atoms with Crippen molar-refractivity contribution < 1.29 is 24.2 Å². The molecule has 0 spiro atoms. The number of hydrogen-bond acceptors (Lipinski definition) is 7. The molecule has 1 aromatic carbocycles. The van der Waals surface area contributed by atoms with Gasteiger partial charge in [0.1, 0.15) is 17.2 Å². The number of anilines is 3. The topological polar surface area (TPSA) is 122 Å². The summed E-state index contributed by atoms with van der Waals surface area (Å²) in [7, 11) is 0. The molecule has 39 heavy (non-hydrogen) atoms. The summed E-state index contributed by atoms with van der Waals surface area (Å²) in [6.45, 7) is 12.6. The SMILES string of the molecule is C=CCc1c(NC2CCCN(C(=O)O)C2)nc2ccnn2c1N(C(=O)OC(C)(C)C)c1ccc(OCC)cc1. The molecular weight excluding hydrogens is 500 g/mol. The van der Waals surface area contributed by atoms with E-state index in [0.29, 0.717) is 60.4 Å². The second kappa shape index (κ2) is 11.6. The summed E-state index contributed by atoms with van der Waals surface area (Å²) in [4.78, 5) is 33.1. The Labute approximate surface area is 228 Å². The van der Waals surface area contributed by atoms with Gasteiger partial charge in [-0.2, -0.15) is 9.61 Å². The zero-order chi connectivity index (χ0) is 28.2. The van der Waals surface area contributed by atoms with Crippen molar-refractivity contribution in [3.63, 3.8) is 0 Å². The average Bonchev–Trinajstić information content (AvgIpc) is 3.34. The molecule has 1 fully saturated rings. The highest BCUT2D eigenvalue weighted by Crippen LogP contribution is 2.36. The molecule has 0 radical (unpaired) electrons. The zero-order valence-electron chi connectivity index (χ0n) is 22.9. The predicted molar refractivity (Wildman–Crippen MR) is 149 cm³/mol. The monoisotopic (exact) mass is 536 g/mol. The molecule has 4 rings (SSSR count). The lowest BCUT2D eigenvalue weighted by molar-refractivity contribution is 0.0597. The van der Waals surface area contributed by atoms with Crippen LogP contribution in [-0.2, 0) is 11.2 Å². The molecule has 1 atom stereocenters. The van der Waals surface area contributed by atoms with Gasteiger partial charge in [0, 0.05) is 30.8 Å². The Bertz CT molecular complexity index is 1330. The van der Waals surface area contributed by atoms with E-state index in [9.17, 15) is 14.7 Å². The predicted octanol–water partition coefficient (Wildman–Crippen LogP) is 5.48. The van der Waals surface area contributed by atoms with E-state index in [1.54, 1.807) is 47.1 Å². The van der Waals surface area contributed by atoms with Gasteiger partial charge in [0.2, 0.25) is 0 Å². The molecule has 0 bridgehead atoms. The van der Waals surface area contributed by atoms with Crippen LogP contribution in [0.3, 0.4) is 0 Å². The number of aromatic nitrogens is 3. The highest BCUT2D eigenvalue weighted by molar-refractivity contribution is 5.97. The van der Waals surface area contributed by atoms with Crippen LogP contribution in [0.15, 0.2) is 49.2 Å². The number of carboxylic acid groups (broad SMARTS) is 1. The molecule has 2 aromatic heterocycles. The van der Waals surface area contributed by atoms with E-state index >= 15 is 0 Å². The third kappa shape index (κ3) is 6.42. The quantitative estimate of drug-likeness (QED) is 0.363. The number of benzene rings is 1. The van der Waals surface area contributed by atoms with Gasteiger partial charge in [-0.1, -0.05) is 6.08 Å². The van der Waals surface area contributed by atoms with E-state index in [1.165, 1.54) is 9.80 Å². The molecule has 11 heteroatoms. The maximum Gasteiger partial charge on any atom is 0.420 e. The van der Waals surface area contributed by atoms with Gasteiger partial charge in [0.15, 0.2) is 11.5 Å². The third-order valence-electron chi connectivity index (χ3n) is 6.18. The number of rotatable bonds is 8.